The zero-order chi connectivity index (χ0) is 12.1. The number of nitrogens with one attached hydrogen (secondary N) is 1. The Hall–Kier alpha value is -1.68. The molecule has 4 nitrogen and oxygen atoms in total. The molecule has 0 spiro atoms. The van der Waals surface area contributed by atoms with E-state index in [-0.39, 0.29) is 0 Å². The Bertz CT molecular complexity index is 476. The molecule has 0 bridgehead atoms. The van der Waals surface area contributed by atoms with Crippen molar-refractivity contribution >= 4 is 0 Å². The Labute approximate surface area is 102 Å². The molecule has 0 aliphatic heterocycles. The van der Waals surface area contributed by atoms with Crippen molar-refractivity contribution in [2.24, 2.45) is 0 Å². The lowest BCUT2D eigenvalue weighted by Gasteiger charge is -2.08. The molecule has 1 N–H and O–H groups in total. The minimum absolute atomic E-state index is 0.793. The second-order valence-corrected chi connectivity index (χ2v) is 4.01. The molecule has 90 valence electrons. The number of pyridine rings is 1. The van der Waals surface area contributed by atoms with E-state index in [9.17, 15) is 0 Å². The standard InChI is InChI=1S/C13H18N4/c1-3-17-12(6-8-16-17)9-14-10-13-11(2)5-4-7-15-13/h4-8,14H,3,9-10H2,1-2H3. The summed E-state index contributed by atoms with van der Waals surface area (Å²) in [6.07, 6.45) is 3.67. The Balaban J connectivity index is 1.90. The first-order valence-electron chi connectivity index (χ1n) is 5.93. The van der Waals surface area contributed by atoms with E-state index in [2.05, 4.69) is 35.3 Å². The molecule has 0 radical (unpaired) electrons. The Morgan fingerprint density at radius 3 is 2.88 bits per heavy atom. The molecule has 0 fully saturated rings. The van der Waals surface area contributed by atoms with E-state index in [1.165, 1.54) is 11.3 Å². The van der Waals surface area contributed by atoms with Gasteiger partial charge in [-0.3, -0.25) is 9.67 Å². The van der Waals surface area contributed by atoms with Crippen molar-refractivity contribution in [2.75, 3.05) is 0 Å². The number of aryl methyl sites for hydroxylation is 2. The van der Waals surface area contributed by atoms with Gasteiger partial charge in [0.15, 0.2) is 0 Å². The average Bonchev–Trinajstić information content (AvgIpc) is 2.79. The van der Waals surface area contributed by atoms with Gasteiger partial charge in [0.25, 0.3) is 0 Å². The maximum atomic E-state index is 4.35. The van der Waals surface area contributed by atoms with Crippen LogP contribution in [0.5, 0.6) is 0 Å². The zero-order valence-electron chi connectivity index (χ0n) is 10.3. The second kappa shape index (κ2) is 5.59. The highest BCUT2D eigenvalue weighted by Gasteiger charge is 2.01. The van der Waals surface area contributed by atoms with E-state index in [0.717, 1.165) is 25.3 Å². The van der Waals surface area contributed by atoms with Gasteiger partial charge in [-0.25, -0.2) is 0 Å². The van der Waals surface area contributed by atoms with E-state index in [0.29, 0.717) is 0 Å². The third-order valence-electron chi connectivity index (χ3n) is 2.82. The molecule has 0 saturated heterocycles. The number of rotatable bonds is 5. The minimum atomic E-state index is 0.793. The van der Waals surface area contributed by atoms with Crippen LogP contribution in [0.3, 0.4) is 0 Å². The van der Waals surface area contributed by atoms with Gasteiger partial charge in [-0.15, -0.1) is 0 Å². The summed E-state index contributed by atoms with van der Waals surface area (Å²) in [6.45, 7) is 6.71. The SMILES string of the molecule is CCn1nccc1CNCc1ncccc1C. The fourth-order valence-electron chi connectivity index (χ4n) is 1.81. The Kier molecular flexibility index (Phi) is 3.88. The zero-order valence-corrected chi connectivity index (χ0v) is 10.3. The number of hydrogen-bond acceptors (Lipinski definition) is 3. The van der Waals surface area contributed by atoms with Crippen LogP contribution in [0, 0.1) is 6.92 Å². The predicted molar refractivity (Wildman–Crippen MR) is 67.4 cm³/mol. The lowest BCUT2D eigenvalue weighted by molar-refractivity contribution is 0.578. The van der Waals surface area contributed by atoms with Gasteiger partial charge < -0.3 is 5.32 Å². The first-order valence-corrected chi connectivity index (χ1v) is 5.93. The first-order chi connectivity index (χ1) is 8.31. The molecule has 2 aromatic rings. The van der Waals surface area contributed by atoms with Gasteiger partial charge in [-0.05, 0) is 31.5 Å². The van der Waals surface area contributed by atoms with E-state index in [1.54, 1.807) is 0 Å². The molecular weight excluding hydrogens is 212 g/mol. The maximum Gasteiger partial charge on any atom is 0.0570 e. The summed E-state index contributed by atoms with van der Waals surface area (Å²) in [7, 11) is 0. The molecule has 2 heterocycles. The highest BCUT2D eigenvalue weighted by Crippen LogP contribution is 2.03. The lowest BCUT2D eigenvalue weighted by Crippen LogP contribution is -2.17. The van der Waals surface area contributed by atoms with Crippen molar-refractivity contribution in [3.8, 4) is 0 Å². The molecule has 0 atom stereocenters. The van der Waals surface area contributed by atoms with Crippen LogP contribution < -0.4 is 5.32 Å². The molecular formula is C13H18N4. The van der Waals surface area contributed by atoms with Crippen molar-refractivity contribution in [3.05, 3.63) is 47.5 Å². The third-order valence-corrected chi connectivity index (χ3v) is 2.82. The molecule has 0 saturated carbocycles. The van der Waals surface area contributed by atoms with Crippen molar-refractivity contribution in [2.45, 2.75) is 33.5 Å². The van der Waals surface area contributed by atoms with E-state index >= 15 is 0 Å². The normalized spacial score (nSPS) is 10.7. The van der Waals surface area contributed by atoms with E-state index < -0.39 is 0 Å². The maximum absolute atomic E-state index is 4.35. The summed E-state index contributed by atoms with van der Waals surface area (Å²) < 4.78 is 2.00. The average molecular weight is 230 g/mol. The number of nitrogens with zero attached hydrogens (tertiary/aromatic N) is 3. The van der Waals surface area contributed by atoms with Crippen molar-refractivity contribution in [1.29, 1.82) is 0 Å². The molecule has 0 aliphatic carbocycles. The monoisotopic (exact) mass is 230 g/mol. The van der Waals surface area contributed by atoms with Gasteiger partial charge in [0.2, 0.25) is 0 Å². The minimum Gasteiger partial charge on any atom is -0.306 e. The van der Waals surface area contributed by atoms with Crippen molar-refractivity contribution in [3.63, 3.8) is 0 Å². The predicted octanol–water partition coefficient (Wildman–Crippen LogP) is 1.90. The summed E-state index contributed by atoms with van der Waals surface area (Å²) >= 11 is 0. The van der Waals surface area contributed by atoms with Crippen LogP contribution in [0.25, 0.3) is 0 Å². The lowest BCUT2D eigenvalue weighted by atomic mass is 10.2. The molecule has 2 aromatic heterocycles. The molecule has 0 amide bonds. The molecule has 2 rings (SSSR count). The van der Waals surface area contributed by atoms with E-state index in [4.69, 9.17) is 0 Å². The second-order valence-electron chi connectivity index (χ2n) is 4.01. The summed E-state index contributed by atoms with van der Waals surface area (Å²) in [5.41, 5.74) is 3.54. The quantitative estimate of drug-likeness (QED) is 0.853. The highest BCUT2D eigenvalue weighted by atomic mass is 15.3. The van der Waals surface area contributed by atoms with Crippen LogP contribution in [-0.2, 0) is 19.6 Å². The van der Waals surface area contributed by atoms with E-state index in [1.807, 2.05) is 29.2 Å². The summed E-state index contributed by atoms with van der Waals surface area (Å²) in [5.74, 6) is 0. The van der Waals surface area contributed by atoms with Gasteiger partial charge in [-0.2, -0.15) is 5.10 Å². The van der Waals surface area contributed by atoms with Gasteiger partial charge in [0, 0.05) is 32.0 Å². The Morgan fingerprint density at radius 2 is 2.12 bits per heavy atom. The van der Waals surface area contributed by atoms with Crippen LogP contribution in [0.15, 0.2) is 30.6 Å². The van der Waals surface area contributed by atoms with Crippen molar-refractivity contribution < 1.29 is 0 Å². The molecule has 17 heavy (non-hydrogen) atoms. The Morgan fingerprint density at radius 1 is 1.24 bits per heavy atom. The van der Waals surface area contributed by atoms with Crippen LogP contribution in [0.2, 0.25) is 0 Å². The van der Waals surface area contributed by atoms with Gasteiger partial charge in [0.1, 0.15) is 0 Å². The number of hydrogen-bond donors (Lipinski definition) is 1. The van der Waals surface area contributed by atoms with Crippen LogP contribution >= 0.6 is 0 Å². The molecule has 0 aliphatic rings. The molecule has 4 heteroatoms. The highest BCUT2D eigenvalue weighted by molar-refractivity contribution is 5.17. The van der Waals surface area contributed by atoms with Gasteiger partial charge in [0.05, 0.1) is 11.4 Å². The van der Waals surface area contributed by atoms with Crippen molar-refractivity contribution in [1.82, 2.24) is 20.1 Å². The summed E-state index contributed by atoms with van der Waals surface area (Å²) in [4.78, 5) is 4.35. The fraction of sp³-hybridized carbons (Fsp3) is 0.385. The topological polar surface area (TPSA) is 42.7 Å². The summed E-state index contributed by atoms with van der Waals surface area (Å²) in [6, 6.07) is 6.09. The first kappa shape index (κ1) is 11.8. The van der Waals surface area contributed by atoms with Crippen LogP contribution in [0.1, 0.15) is 23.9 Å². The fourth-order valence-corrected chi connectivity index (χ4v) is 1.81. The smallest absolute Gasteiger partial charge is 0.0570 e. The number of aromatic nitrogens is 3. The largest absolute Gasteiger partial charge is 0.306 e. The molecule has 0 unspecified atom stereocenters. The third kappa shape index (κ3) is 2.91. The summed E-state index contributed by atoms with van der Waals surface area (Å²) in [5, 5.41) is 7.64. The van der Waals surface area contributed by atoms with Gasteiger partial charge in [-0.1, -0.05) is 6.07 Å². The van der Waals surface area contributed by atoms with Crippen LogP contribution in [-0.4, -0.2) is 14.8 Å². The molecule has 0 aromatic carbocycles. The van der Waals surface area contributed by atoms with Crippen LogP contribution in [0.4, 0.5) is 0 Å². The van der Waals surface area contributed by atoms with Gasteiger partial charge >= 0.3 is 0 Å².